The third kappa shape index (κ3) is 5.31. The Morgan fingerprint density at radius 3 is 2.24 bits per heavy atom. The van der Waals surface area contributed by atoms with Gasteiger partial charge in [0.15, 0.2) is 0 Å². The van der Waals surface area contributed by atoms with Gasteiger partial charge in [-0.3, -0.25) is 4.79 Å². The number of carbonyl (C=O) groups is 2. The molecule has 0 aliphatic heterocycles. The minimum Gasteiger partial charge on any atom is -0.497 e. The second-order valence-electron chi connectivity index (χ2n) is 10.4. The summed E-state index contributed by atoms with van der Waals surface area (Å²) in [6.45, 7) is 0.428. The molecular weight excluding hydrogens is 514 g/mol. The average Bonchev–Trinajstić information content (AvgIpc) is 3.68. The van der Waals surface area contributed by atoms with Gasteiger partial charge in [0, 0.05) is 22.9 Å². The Kier molecular flexibility index (Phi) is 7.25. The number of imidazole rings is 1. The van der Waals surface area contributed by atoms with Gasteiger partial charge in [0.05, 0.1) is 30.3 Å². The molecule has 1 amide bonds. The summed E-state index contributed by atoms with van der Waals surface area (Å²) in [5.41, 5.74) is 5.09. The Balaban J connectivity index is 1.36. The first kappa shape index (κ1) is 26.3. The molecular formula is C34H31N3O4. The number of nitrogens with zero attached hydrogens (tertiary/aromatic N) is 3. The number of aromatic carboxylic acids is 1. The fourth-order valence-electron chi connectivity index (χ4n) is 5.69. The standard InChI is InChI=1S/C34H31N3O4/c1-41-29-18-16-27(17-19-29)36(22-23-7-3-2-4-8-23)33(38)25-13-11-24(12-14-25)32-35-30-21-26(34(39)40)15-20-31(30)37(32)28-9-5-6-10-28/h2-4,7-8,11-21,28H,5-6,9-10,22H2,1H3,(H,39,40). The van der Waals surface area contributed by atoms with Gasteiger partial charge in [0.2, 0.25) is 0 Å². The van der Waals surface area contributed by atoms with Crippen molar-refractivity contribution < 1.29 is 19.4 Å². The molecule has 0 bridgehead atoms. The van der Waals surface area contributed by atoms with Crippen molar-refractivity contribution in [2.45, 2.75) is 38.3 Å². The fraction of sp³-hybridized carbons (Fsp3) is 0.206. The van der Waals surface area contributed by atoms with Gasteiger partial charge >= 0.3 is 5.97 Å². The van der Waals surface area contributed by atoms with E-state index in [0.717, 1.165) is 59.6 Å². The number of hydrogen-bond acceptors (Lipinski definition) is 4. The summed E-state index contributed by atoms with van der Waals surface area (Å²) in [4.78, 5) is 32.1. The van der Waals surface area contributed by atoms with Crippen LogP contribution in [0.15, 0.2) is 97.1 Å². The van der Waals surface area contributed by atoms with Crippen LogP contribution in [0.1, 0.15) is 58.0 Å². The molecule has 7 nitrogen and oxygen atoms in total. The minimum absolute atomic E-state index is 0.110. The molecule has 1 heterocycles. The number of methoxy groups -OCH3 is 1. The zero-order valence-electron chi connectivity index (χ0n) is 22.9. The number of hydrogen-bond donors (Lipinski definition) is 1. The summed E-state index contributed by atoms with van der Waals surface area (Å²) >= 11 is 0. The summed E-state index contributed by atoms with van der Waals surface area (Å²) < 4.78 is 7.57. The maximum absolute atomic E-state index is 13.9. The summed E-state index contributed by atoms with van der Waals surface area (Å²) in [7, 11) is 1.62. The summed E-state index contributed by atoms with van der Waals surface area (Å²) in [6, 6.07) is 30.4. The van der Waals surface area contributed by atoms with E-state index in [1.807, 2.05) is 84.9 Å². The molecule has 206 valence electrons. The second kappa shape index (κ2) is 11.3. The largest absolute Gasteiger partial charge is 0.497 e. The van der Waals surface area contributed by atoms with E-state index in [2.05, 4.69) is 4.57 Å². The van der Waals surface area contributed by atoms with E-state index in [9.17, 15) is 14.7 Å². The maximum atomic E-state index is 13.9. The number of carboxylic acid groups (broad SMARTS) is 1. The number of carbonyl (C=O) groups excluding carboxylic acids is 1. The van der Waals surface area contributed by atoms with Crippen LogP contribution < -0.4 is 9.64 Å². The molecule has 4 aromatic carbocycles. The van der Waals surface area contributed by atoms with E-state index >= 15 is 0 Å². The lowest BCUT2D eigenvalue weighted by Crippen LogP contribution is -2.30. The molecule has 41 heavy (non-hydrogen) atoms. The normalized spacial score (nSPS) is 13.4. The van der Waals surface area contributed by atoms with Crippen LogP contribution in [-0.2, 0) is 6.54 Å². The first-order valence-electron chi connectivity index (χ1n) is 13.9. The topological polar surface area (TPSA) is 84.7 Å². The number of aromatic nitrogens is 2. The number of rotatable bonds is 8. The van der Waals surface area contributed by atoms with Crippen LogP contribution in [0.2, 0.25) is 0 Å². The SMILES string of the molecule is COc1ccc(N(Cc2ccccc2)C(=O)c2ccc(-c3nc4cc(C(=O)O)ccc4n3C3CCCC3)cc2)cc1. The Hall–Kier alpha value is -4.91. The molecule has 1 aliphatic carbocycles. The number of carboxylic acids is 1. The van der Waals surface area contributed by atoms with E-state index in [-0.39, 0.29) is 11.5 Å². The molecule has 0 atom stereocenters. The number of ether oxygens (including phenoxy) is 1. The van der Waals surface area contributed by atoms with Gasteiger partial charge in [0.1, 0.15) is 11.6 Å². The predicted molar refractivity (Wildman–Crippen MR) is 160 cm³/mol. The molecule has 1 fully saturated rings. The third-order valence-corrected chi connectivity index (χ3v) is 7.83. The fourth-order valence-corrected chi connectivity index (χ4v) is 5.69. The molecule has 6 rings (SSSR count). The number of benzene rings is 4. The van der Waals surface area contributed by atoms with Crippen molar-refractivity contribution in [3.8, 4) is 17.1 Å². The van der Waals surface area contributed by atoms with E-state index in [0.29, 0.717) is 23.7 Å². The van der Waals surface area contributed by atoms with Crippen LogP contribution in [0.25, 0.3) is 22.4 Å². The van der Waals surface area contributed by atoms with E-state index < -0.39 is 5.97 Å². The second-order valence-corrected chi connectivity index (χ2v) is 10.4. The van der Waals surface area contributed by atoms with Crippen LogP contribution >= 0.6 is 0 Å². The van der Waals surface area contributed by atoms with Crippen LogP contribution in [0.3, 0.4) is 0 Å². The first-order chi connectivity index (χ1) is 20.0. The Morgan fingerprint density at radius 1 is 0.902 bits per heavy atom. The van der Waals surface area contributed by atoms with E-state index in [1.165, 1.54) is 0 Å². The molecule has 1 aromatic heterocycles. The molecule has 1 saturated carbocycles. The highest BCUT2D eigenvalue weighted by atomic mass is 16.5. The Labute approximate surface area is 238 Å². The summed E-state index contributed by atoms with van der Waals surface area (Å²) in [6.07, 6.45) is 4.44. The molecule has 0 saturated heterocycles. The molecule has 0 radical (unpaired) electrons. The predicted octanol–water partition coefficient (Wildman–Crippen LogP) is 7.37. The van der Waals surface area contributed by atoms with Crippen molar-refractivity contribution >= 4 is 28.6 Å². The number of fused-ring (bicyclic) bond motifs is 1. The maximum Gasteiger partial charge on any atom is 0.335 e. The van der Waals surface area contributed by atoms with Gasteiger partial charge in [-0.2, -0.15) is 0 Å². The van der Waals surface area contributed by atoms with Gasteiger partial charge in [-0.05, 0) is 73.0 Å². The smallest absolute Gasteiger partial charge is 0.335 e. The molecule has 0 spiro atoms. The number of anilines is 1. The van der Waals surface area contributed by atoms with Gasteiger partial charge in [-0.15, -0.1) is 0 Å². The molecule has 1 aliphatic rings. The average molecular weight is 546 g/mol. The lowest BCUT2D eigenvalue weighted by atomic mass is 10.1. The zero-order valence-corrected chi connectivity index (χ0v) is 22.9. The van der Waals surface area contributed by atoms with Gasteiger partial charge < -0.3 is 19.3 Å². The highest BCUT2D eigenvalue weighted by molar-refractivity contribution is 6.06. The molecule has 5 aromatic rings. The lowest BCUT2D eigenvalue weighted by Gasteiger charge is -2.24. The first-order valence-corrected chi connectivity index (χ1v) is 13.9. The van der Waals surface area contributed by atoms with Gasteiger partial charge in [-0.1, -0.05) is 55.3 Å². The van der Waals surface area contributed by atoms with E-state index in [4.69, 9.17) is 9.72 Å². The van der Waals surface area contributed by atoms with Crippen molar-refractivity contribution in [1.82, 2.24) is 9.55 Å². The summed E-state index contributed by atoms with van der Waals surface area (Å²) in [5, 5.41) is 9.50. The molecule has 0 unspecified atom stereocenters. The van der Waals surface area contributed by atoms with Crippen LogP contribution in [0.5, 0.6) is 5.75 Å². The highest BCUT2D eigenvalue weighted by Crippen LogP contribution is 2.37. The third-order valence-electron chi connectivity index (χ3n) is 7.83. The van der Waals surface area contributed by atoms with Gasteiger partial charge in [-0.25, -0.2) is 9.78 Å². The van der Waals surface area contributed by atoms with Crippen molar-refractivity contribution in [2.75, 3.05) is 12.0 Å². The van der Waals surface area contributed by atoms with Crippen LogP contribution in [0.4, 0.5) is 5.69 Å². The number of amides is 1. The van der Waals surface area contributed by atoms with Crippen molar-refractivity contribution in [3.63, 3.8) is 0 Å². The Morgan fingerprint density at radius 2 is 1.59 bits per heavy atom. The highest BCUT2D eigenvalue weighted by Gasteiger charge is 2.25. The van der Waals surface area contributed by atoms with Crippen LogP contribution in [0, 0.1) is 0 Å². The zero-order chi connectivity index (χ0) is 28.3. The van der Waals surface area contributed by atoms with Crippen molar-refractivity contribution in [3.05, 3.63) is 114 Å². The lowest BCUT2D eigenvalue weighted by molar-refractivity contribution is 0.0696. The summed E-state index contributed by atoms with van der Waals surface area (Å²) in [5.74, 6) is 0.445. The van der Waals surface area contributed by atoms with Gasteiger partial charge in [0.25, 0.3) is 5.91 Å². The minimum atomic E-state index is -0.969. The molecule has 1 N–H and O–H groups in total. The van der Waals surface area contributed by atoms with Crippen molar-refractivity contribution in [1.29, 1.82) is 0 Å². The Bertz CT molecular complexity index is 1690. The van der Waals surface area contributed by atoms with E-state index in [1.54, 1.807) is 24.1 Å². The molecule has 7 heteroatoms. The monoisotopic (exact) mass is 545 g/mol. The quantitative estimate of drug-likeness (QED) is 0.220. The van der Waals surface area contributed by atoms with Crippen LogP contribution in [-0.4, -0.2) is 33.6 Å². The van der Waals surface area contributed by atoms with Crippen molar-refractivity contribution in [2.24, 2.45) is 0 Å².